The number of anilines is 1. The van der Waals surface area contributed by atoms with Crippen LogP contribution in [0.15, 0.2) is 30.6 Å². The number of nitrogens with one attached hydrogen (secondary N) is 1. The Kier molecular flexibility index (Phi) is 3.70. The van der Waals surface area contributed by atoms with Gasteiger partial charge in [0.25, 0.3) is 0 Å². The Hall–Kier alpha value is -2.21. The Bertz CT molecular complexity index is 790. The third-order valence-electron chi connectivity index (χ3n) is 3.19. The molecule has 1 amide bonds. The monoisotopic (exact) mass is 300 g/mol. The van der Waals surface area contributed by atoms with Crippen LogP contribution < -0.4 is 5.32 Å². The molecule has 0 aliphatic heterocycles. The summed E-state index contributed by atoms with van der Waals surface area (Å²) in [5, 5.41) is 7.62. The normalized spacial score (nSPS) is 11.0. The summed E-state index contributed by atoms with van der Waals surface area (Å²) in [6.45, 7) is 2.05. The van der Waals surface area contributed by atoms with E-state index in [0.717, 1.165) is 15.8 Å². The minimum Gasteiger partial charge on any atom is -0.302 e. The molecule has 1 aromatic carbocycles. The number of carbonyl (C=O) groups excluding carboxylic acids is 1. The molecular formula is C15H16N4OS. The van der Waals surface area contributed by atoms with Gasteiger partial charge in [-0.3, -0.25) is 9.48 Å². The van der Waals surface area contributed by atoms with Crippen LogP contribution in [-0.2, 0) is 18.3 Å². The Balaban J connectivity index is 1.63. The Morgan fingerprint density at radius 2 is 2.29 bits per heavy atom. The number of hydrogen-bond donors (Lipinski definition) is 1. The van der Waals surface area contributed by atoms with Crippen LogP contribution in [0, 0.1) is 6.92 Å². The van der Waals surface area contributed by atoms with Crippen molar-refractivity contribution in [1.82, 2.24) is 14.8 Å². The minimum absolute atomic E-state index is 0.0189. The van der Waals surface area contributed by atoms with E-state index in [9.17, 15) is 4.79 Å². The summed E-state index contributed by atoms with van der Waals surface area (Å²) >= 11 is 1.51. The van der Waals surface area contributed by atoms with Crippen LogP contribution in [0.3, 0.4) is 0 Å². The molecule has 0 saturated heterocycles. The van der Waals surface area contributed by atoms with Crippen molar-refractivity contribution in [2.45, 2.75) is 19.8 Å². The standard InChI is InChI=1S/C15H16N4OS/c1-10-3-5-12-13(7-10)21-15(17-12)18-14(20)6-4-11-8-16-19(2)9-11/h3,5,7-9H,4,6H2,1-2H3,(H,17,18,20). The fourth-order valence-electron chi connectivity index (χ4n) is 2.13. The van der Waals surface area contributed by atoms with Gasteiger partial charge in [0.05, 0.1) is 16.4 Å². The Labute approximate surface area is 126 Å². The molecule has 108 valence electrons. The van der Waals surface area contributed by atoms with Crippen LogP contribution in [-0.4, -0.2) is 20.7 Å². The zero-order chi connectivity index (χ0) is 14.8. The van der Waals surface area contributed by atoms with Crippen molar-refractivity contribution in [3.05, 3.63) is 41.7 Å². The number of thiazole rings is 1. The lowest BCUT2D eigenvalue weighted by Gasteiger charge is -1.99. The molecule has 6 heteroatoms. The SMILES string of the molecule is Cc1ccc2nc(NC(=O)CCc3cnn(C)c3)sc2c1. The summed E-state index contributed by atoms with van der Waals surface area (Å²) in [6.07, 6.45) is 4.83. The number of aryl methyl sites for hydroxylation is 3. The average Bonchev–Trinajstić information content (AvgIpc) is 3.01. The van der Waals surface area contributed by atoms with Gasteiger partial charge in [-0.05, 0) is 36.6 Å². The summed E-state index contributed by atoms with van der Waals surface area (Å²) in [6, 6.07) is 6.08. The number of hydrogen-bond acceptors (Lipinski definition) is 4. The summed E-state index contributed by atoms with van der Waals surface area (Å²) in [5.41, 5.74) is 3.18. The molecule has 2 heterocycles. The van der Waals surface area contributed by atoms with E-state index in [1.165, 1.54) is 16.9 Å². The predicted molar refractivity (Wildman–Crippen MR) is 84.5 cm³/mol. The molecule has 0 bridgehead atoms. The van der Waals surface area contributed by atoms with Crippen molar-refractivity contribution >= 4 is 32.6 Å². The molecule has 0 saturated carbocycles. The maximum absolute atomic E-state index is 12.0. The van der Waals surface area contributed by atoms with Crippen LogP contribution in [0.4, 0.5) is 5.13 Å². The topological polar surface area (TPSA) is 59.8 Å². The van der Waals surface area contributed by atoms with Crippen LogP contribution >= 0.6 is 11.3 Å². The number of rotatable bonds is 4. The van der Waals surface area contributed by atoms with Gasteiger partial charge >= 0.3 is 0 Å². The van der Waals surface area contributed by atoms with Gasteiger partial charge in [0.2, 0.25) is 5.91 Å². The Morgan fingerprint density at radius 3 is 3.05 bits per heavy atom. The highest BCUT2D eigenvalue weighted by Crippen LogP contribution is 2.26. The number of nitrogens with zero attached hydrogens (tertiary/aromatic N) is 3. The van der Waals surface area contributed by atoms with Gasteiger partial charge in [-0.15, -0.1) is 0 Å². The van der Waals surface area contributed by atoms with Crippen LogP contribution in [0.25, 0.3) is 10.2 Å². The third-order valence-corrected chi connectivity index (χ3v) is 4.12. The zero-order valence-electron chi connectivity index (χ0n) is 12.0. The van der Waals surface area contributed by atoms with Crippen molar-refractivity contribution in [1.29, 1.82) is 0 Å². The third kappa shape index (κ3) is 3.28. The Morgan fingerprint density at radius 1 is 1.43 bits per heavy atom. The quantitative estimate of drug-likeness (QED) is 0.806. The molecule has 2 aromatic heterocycles. The molecule has 5 nitrogen and oxygen atoms in total. The predicted octanol–water partition coefficient (Wildman–Crippen LogP) is 2.91. The van der Waals surface area contributed by atoms with E-state index in [1.54, 1.807) is 10.9 Å². The smallest absolute Gasteiger partial charge is 0.226 e. The van der Waals surface area contributed by atoms with Gasteiger partial charge in [0.15, 0.2) is 5.13 Å². The highest BCUT2D eigenvalue weighted by atomic mass is 32.1. The van der Waals surface area contributed by atoms with Crippen molar-refractivity contribution in [3.63, 3.8) is 0 Å². The van der Waals surface area contributed by atoms with E-state index in [-0.39, 0.29) is 5.91 Å². The minimum atomic E-state index is -0.0189. The maximum Gasteiger partial charge on any atom is 0.226 e. The fraction of sp³-hybridized carbons (Fsp3) is 0.267. The lowest BCUT2D eigenvalue weighted by Crippen LogP contribution is -2.11. The van der Waals surface area contributed by atoms with Gasteiger partial charge in [-0.1, -0.05) is 17.4 Å². The highest BCUT2D eigenvalue weighted by molar-refractivity contribution is 7.22. The first-order valence-corrected chi connectivity index (χ1v) is 7.56. The molecule has 0 radical (unpaired) electrons. The second-order valence-electron chi connectivity index (χ2n) is 5.06. The molecule has 0 fully saturated rings. The molecule has 0 spiro atoms. The molecule has 0 atom stereocenters. The molecule has 21 heavy (non-hydrogen) atoms. The summed E-state index contributed by atoms with van der Waals surface area (Å²) < 4.78 is 2.83. The van der Waals surface area contributed by atoms with Gasteiger partial charge in [-0.25, -0.2) is 4.98 Å². The lowest BCUT2D eigenvalue weighted by atomic mass is 10.2. The van der Waals surface area contributed by atoms with Crippen molar-refractivity contribution in [2.75, 3.05) is 5.32 Å². The molecule has 0 unspecified atom stereocenters. The van der Waals surface area contributed by atoms with E-state index >= 15 is 0 Å². The van der Waals surface area contributed by atoms with E-state index in [0.29, 0.717) is 18.0 Å². The zero-order valence-corrected chi connectivity index (χ0v) is 12.8. The second-order valence-corrected chi connectivity index (χ2v) is 6.09. The molecule has 1 N–H and O–H groups in total. The molecule has 3 rings (SSSR count). The molecule has 3 aromatic rings. The highest BCUT2D eigenvalue weighted by Gasteiger charge is 2.08. The molecule has 0 aliphatic rings. The van der Waals surface area contributed by atoms with Crippen LogP contribution in [0.1, 0.15) is 17.5 Å². The van der Waals surface area contributed by atoms with Crippen molar-refractivity contribution in [3.8, 4) is 0 Å². The number of amides is 1. The van der Waals surface area contributed by atoms with Gasteiger partial charge < -0.3 is 5.32 Å². The van der Waals surface area contributed by atoms with Gasteiger partial charge in [-0.2, -0.15) is 5.10 Å². The second kappa shape index (κ2) is 5.65. The van der Waals surface area contributed by atoms with Crippen molar-refractivity contribution in [2.24, 2.45) is 7.05 Å². The number of aromatic nitrogens is 3. The molecule has 0 aliphatic carbocycles. The fourth-order valence-corrected chi connectivity index (χ4v) is 3.11. The first kappa shape index (κ1) is 13.8. The van der Waals surface area contributed by atoms with Gasteiger partial charge in [0.1, 0.15) is 0 Å². The lowest BCUT2D eigenvalue weighted by molar-refractivity contribution is -0.116. The van der Waals surface area contributed by atoms with E-state index in [2.05, 4.69) is 21.5 Å². The number of fused-ring (bicyclic) bond motifs is 1. The van der Waals surface area contributed by atoms with Crippen molar-refractivity contribution < 1.29 is 4.79 Å². The molecular weight excluding hydrogens is 284 g/mol. The first-order chi connectivity index (χ1) is 10.1. The van der Waals surface area contributed by atoms with E-state index in [1.807, 2.05) is 32.3 Å². The first-order valence-electron chi connectivity index (χ1n) is 6.75. The largest absolute Gasteiger partial charge is 0.302 e. The van der Waals surface area contributed by atoms with E-state index < -0.39 is 0 Å². The average molecular weight is 300 g/mol. The summed E-state index contributed by atoms with van der Waals surface area (Å²) in [4.78, 5) is 16.4. The maximum atomic E-state index is 12.0. The van der Waals surface area contributed by atoms with Gasteiger partial charge in [0, 0.05) is 19.7 Å². The van der Waals surface area contributed by atoms with Crippen LogP contribution in [0.2, 0.25) is 0 Å². The number of carbonyl (C=O) groups is 1. The number of benzene rings is 1. The summed E-state index contributed by atoms with van der Waals surface area (Å²) in [5.74, 6) is -0.0189. The van der Waals surface area contributed by atoms with E-state index in [4.69, 9.17) is 0 Å². The van der Waals surface area contributed by atoms with Crippen LogP contribution in [0.5, 0.6) is 0 Å². The summed E-state index contributed by atoms with van der Waals surface area (Å²) in [7, 11) is 1.87.